The molecule has 168 valence electrons. The summed E-state index contributed by atoms with van der Waals surface area (Å²) in [7, 11) is -3.21. The molecular weight excluding hydrogens is 489 g/mol. The third-order valence-corrected chi connectivity index (χ3v) is 7.07. The topological polar surface area (TPSA) is 106 Å². The molecule has 3 rings (SSSR count). The van der Waals surface area contributed by atoms with Crippen LogP contribution in [0.2, 0.25) is 10.0 Å². The van der Waals surface area contributed by atoms with E-state index in [4.69, 9.17) is 33.0 Å². The highest BCUT2D eigenvalue weighted by molar-refractivity contribution is 7.92. The molecule has 0 aliphatic carbocycles. The summed E-state index contributed by atoms with van der Waals surface area (Å²) in [5.74, 6) is -2.12. The molecule has 1 aromatic heterocycles. The quantitative estimate of drug-likeness (QED) is 0.471. The minimum Gasteiger partial charge on any atom is -0.495 e. The highest BCUT2D eigenvalue weighted by atomic mass is 35.5. The van der Waals surface area contributed by atoms with Crippen LogP contribution >= 0.6 is 23.2 Å². The first-order valence-electron chi connectivity index (χ1n) is 8.72. The van der Waals surface area contributed by atoms with Crippen molar-refractivity contribution in [1.82, 2.24) is 4.98 Å². The molecule has 0 spiro atoms. The smallest absolute Gasteiger partial charge is 0.410 e. The second kappa shape index (κ2) is 9.27. The minimum atomic E-state index is -4.50. The van der Waals surface area contributed by atoms with Gasteiger partial charge < -0.3 is 9.84 Å². The van der Waals surface area contributed by atoms with E-state index in [0.717, 1.165) is 36.5 Å². The van der Waals surface area contributed by atoms with E-state index in [9.17, 15) is 22.0 Å². The van der Waals surface area contributed by atoms with Crippen molar-refractivity contribution in [2.24, 2.45) is 0 Å². The summed E-state index contributed by atoms with van der Waals surface area (Å²) in [6.45, 7) is 0. The molecule has 0 fully saturated rings. The molecule has 12 heteroatoms. The molecule has 32 heavy (non-hydrogen) atoms. The van der Waals surface area contributed by atoms with Gasteiger partial charge in [0.15, 0.2) is 9.84 Å². The van der Waals surface area contributed by atoms with E-state index in [-0.39, 0.29) is 32.1 Å². The number of nitrogens with zero attached hydrogens (tertiary/aromatic N) is 1. The normalized spacial score (nSPS) is 12.3. The highest BCUT2D eigenvalue weighted by Gasteiger charge is 2.35. The zero-order chi connectivity index (χ0) is 23.6. The Kier molecular flexibility index (Phi) is 6.87. The monoisotopic (exact) mass is 502 g/mol. The van der Waals surface area contributed by atoms with Gasteiger partial charge in [0.25, 0.3) is 0 Å². The zero-order valence-electron chi connectivity index (χ0n) is 16.1. The number of ether oxygens (including phenoxy) is 1. The number of amides is 1. The Bertz CT molecular complexity index is 1310. The van der Waals surface area contributed by atoms with Gasteiger partial charge in [0.2, 0.25) is 0 Å². The average molecular weight is 503 g/mol. The maximum Gasteiger partial charge on any atom is 0.410 e. The SMILES string of the molecule is COc1cc(S(=O)(=O)C(c2cc(F)ccc2F)c2cc(NC(=O)O)ncc2Cl)ccc1Cl. The molecule has 1 amide bonds. The zero-order valence-corrected chi connectivity index (χ0v) is 18.5. The molecule has 0 aliphatic rings. The Balaban J connectivity index is 2.32. The van der Waals surface area contributed by atoms with Gasteiger partial charge in [0, 0.05) is 17.8 Å². The number of carbonyl (C=O) groups is 1. The van der Waals surface area contributed by atoms with Crippen LogP contribution in [0.25, 0.3) is 0 Å². The van der Waals surface area contributed by atoms with Crippen molar-refractivity contribution in [3.8, 4) is 5.75 Å². The Morgan fingerprint density at radius 1 is 1.09 bits per heavy atom. The van der Waals surface area contributed by atoms with Gasteiger partial charge in [-0.25, -0.2) is 27.0 Å². The average Bonchev–Trinajstić information content (AvgIpc) is 2.72. The third-order valence-electron chi connectivity index (χ3n) is 4.40. The van der Waals surface area contributed by atoms with Crippen LogP contribution in [0.5, 0.6) is 5.75 Å². The Hall–Kier alpha value is -2.95. The van der Waals surface area contributed by atoms with Crippen LogP contribution < -0.4 is 10.1 Å². The highest BCUT2D eigenvalue weighted by Crippen LogP contribution is 2.41. The molecule has 3 aromatic rings. The number of hydrogen-bond acceptors (Lipinski definition) is 5. The molecule has 7 nitrogen and oxygen atoms in total. The van der Waals surface area contributed by atoms with E-state index in [1.165, 1.54) is 19.2 Å². The van der Waals surface area contributed by atoms with E-state index in [2.05, 4.69) is 4.98 Å². The second-order valence-corrected chi connectivity index (χ2v) is 9.26. The summed E-state index contributed by atoms with van der Waals surface area (Å²) >= 11 is 12.2. The molecular formula is C20H14Cl2F2N2O5S. The Morgan fingerprint density at radius 3 is 2.47 bits per heavy atom. The minimum absolute atomic E-state index is 0.0419. The van der Waals surface area contributed by atoms with Gasteiger partial charge in [-0.15, -0.1) is 0 Å². The molecule has 0 bridgehead atoms. The van der Waals surface area contributed by atoms with Crippen molar-refractivity contribution >= 4 is 45.0 Å². The first-order valence-corrected chi connectivity index (χ1v) is 11.0. The fourth-order valence-electron chi connectivity index (χ4n) is 3.00. The van der Waals surface area contributed by atoms with Crippen LogP contribution in [0.1, 0.15) is 16.4 Å². The number of aromatic nitrogens is 1. The van der Waals surface area contributed by atoms with Crippen LogP contribution in [0.4, 0.5) is 19.4 Å². The molecule has 0 aliphatic heterocycles. The van der Waals surface area contributed by atoms with Crippen molar-refractivity contribution < 1.29 is 31.8 Å². The lowest BCUT2D eigenvalue weighted by molar-refractivity contribution is 0.209. The first kappa shape index (κ1) is 23.7. The Labute approximate surface area is 191 Å². The largest absolute Gasteiger partial charge is 0.495 e. The fourth-order valence-corrected chi connectivity index (χ4v) is 5.32. The molecule has 2 N–H and O–H groups in total. The number of benzene rings is 2. The number of sulfone groups is 1. The van der Waals surface area contributed by atoms with Crippen molar-refractivity contribution in [3.05, 3.63) is 81.5 Å². The van der Waals surface area contributed by atoms with Crippen molar-refractivity contribution in [3.63, 3.8) is 0 Å². The predicted molar refractivity (Wildman–Crippen MR) is 114 cm³/mol. The number of carboxylic acid groups (broad SMARTS) is 1. The van der Waals surface area contributed by atoms with E-state index >= 15 is 0 Å². The van der Waals surface area contributed by atoms with Gasteiger partial charge in [-0.1, -0.05) is 23.2 Å². The van der Waals surface area contributed by atoms with Crippen molar-refractivity contribution in [1.29, 1.82) is 0 Å². The summed E-state index contributed by atoms with van der Waals surface area (Å²) in [4.78, 5) is 14.4. The standard InChI is InChI=1S/C20H14Cl2F2N2O5S/c1-31-17-7-11(3-4-14(17)21)32(29,30)19(13-6-10(23)2-5-16(13)24)12-8-18(26-20(27)28)25-9-15(12)22/h2-9,19H,1H3,(H,25,26)(H,27,28). The second-order valence-electron chi connectivity index (χ2n) is 6.41. The van der Waals surface area contributed by atoms with Crippen LogP contribution in [0.3, 0.4) is 0 Å². The maximum absolute atomic E-state index is 14.8. The van der Waals surface area contributed by atoms with Crippen LogP contribution in [0.15, 0.2) is 53.6 Å². The fraction of sp³-hybridized carbons (Fsp3) is 0.100. The summed E-state index contributed by atoms with van der Waals surface area (Å²) in [6, 6.07) is 6.96. The van der Waals surface area contributed by atoms with Gasteiger partial charge >= 0.3 is 6.09 Å². The third kappa shape index (κ3) is 4.77. The van der Waals surface area contributed by atoms with Gasteiger partial charge in [0.05, 0.1) is 22.1 Å². The molecule has 1 heterocycles. The number of nitrogens with one attached hydrogen (secondary N) is 1. The Morgan fingerprint density at radius 2 is 1.81 bits per heavy atom. The van der Waals surface area contributed by atoms with E-state index in [1.54, 1.807) is 0 Å². The van der Waals surface area contributed by atoms with Gasteiger partial charge in [-0.05, 0) is 42.0 Å². The number of anilines is 1. The van der Waals surface area contributed by atoms with Gasteiger partial charge in [-0.2, -0.15) is 0 Å². The summed E-state index contributed by atoms with van der Waals surface area (Å²) in [5, 5.41) is 8.99. The number of halogens is 4. The maximum atomic E-state index is 14.8. The predicted octanol–water partition coefficient (Wildman–Crippen LogP) is 5.33. The van der Waals surface area contributed by atoms with Crippen LogP contribution in [-0.2, 0) is 9.84 Å². The summed E-state index contributed by atoms with van der Waals surface area (Å²) < 4.78 is 61.1. The molecule has 1 atom stereocenters. The molecule has 0 radical (unpaired) electrons. The molecule has 1 unspecified atom stereocenters. The summed E-state index contributed by atoms with van der Waals surface area (Å²) in [5.41, 5.74) is -0.753. The number of methoxy groups -OCH3 is 1. The van der Waals surface area contributed by atoms with Crippen LogP contribution in [-0.4, -0.2) is 31.7 Å². The first-order chi connectivity index (χ1) is 15.0. The number of hydrogen-bond donors (Lipinski definition) is 2. The van der Waals surface area contributed by atoms with E-state index in [1.807, 2.05) is 5.32 Å². The van der Waals surface area contributed by atoms with E-state index < -0.39 is 38.4 Å². The lowest BCUT2D eigenvalue weighted by Gasteiger charge is -2.21. The molecule has 2 aromatic carbocycles. The number of pyridine rings is 1. The van der Waals surface area contributed by atoms with Crippen molar-refractivity contribution in [2.45, 2.75) is 10.1 Å². The summed E-state index contributed by atoms with van der Waals surface area (Å²) in [6.07, 6.45) is -0.464. The number of rotatable bonds is 6. The molecule has 0 saturated heterocycles. The lowest BCUT2D eigenvalue weighted by Crippen LogP contribution is -2.18. The van der Waals surface area contributed by atoms with Gasteiger partial charge in [-0.3, -0.25) is 5.32 Å². The molecule has 0 saturated carbocycles. The van der Waals surface area contributed by atoms with Crippen LogP contribution in [0, 0.1) is 11.6 Å². The lowest BCUT2D eigenvalue weighted by atomic mass is 10.0. The van der Waals surface area contributed by atoms with Gasteiger partial charge in [0.1, 0.15) is 28.5 Å². The van der Waals surface area contributed by atoms with E-state index in [0.29, 0.717) is 0 Å². The van der Waals surface area contributed by atoms with Crippen molar-refractivity contribution in [2.75, 3.05) is 12.4 Å².